The summed E-state index contributed by atoms with van der Waals surface area (Å²) >= 11 is 0. The van der Waals surface area contributed by atoms with E-state index in [1.165, 1.54) is 5.56 Å². The van der Waals surface area contributed by atoms with E-state index < -0.39 is 0 Å². The standard InChI is InChI=1S/C21H17N3O/c25-21-16-9-10-22-17-13-23(12-15-6-2-1-3-7-15)14-19(20(16)17)24-11-5-4-8-18(21)24/h1-10,14H,11-13H2. The Morgan fingerprint density at radius 3 is 2.84 bits per heavy atom. The average Bonchev–Trinajstić information content (AvgIpc) is 2.66. The number of hydrogen-bond donors (Lipinski definition) is 0. The third kappa shape index (κ3) is 2.22. The lowest BCUT2D eigenvalue weighted by molar-refractivity contribution is 0.388. The van der Waals surface area contributed by atoms with Crippen molar-refractivity contribution >= 4 is 23.0 Å². The predicted octanol–water partition coefficient (Wildman–Crippen LogP) is 1.50. The van der Waals surface area contributed by atoms with Crippen molar-refractivity contribution in [3.05, 3.63) is 86.9 Å². The molecule has 4 nitrogen and oxygen atoms in total. The zero-order valence-corrected chi connectivity index (χ0v) is 13.7. The molecule has 0 saturated carbocycles. The minimum atomic E-state index is 0.0941. The Kier molecular flexibility index (Phi) is 3.10. The summed E-state index contributed by atoms with van der Waals surface area (Å²) in [6.45, 7) is 2.26. The fourth-order valence-corrected chi connectivity index (χ4v) is 3.78. The van der Waals surface area contributed by atoms with Crippen molar-refractivity contribution in [1.82, 2.24) is 14.5 Å². The van der Waals surface area contributed by atoms with Crippen LogP contribution in [0.5, 0.6) is 0 Å². The van der Waals surface area contributed by atoms with Crippen LogP contribution < -0.4 is 16.1 Å². The third-order valence-corrected chi connectivity index (χ3v) is 4.91. The lowest BCUT2D eigenvalue weighted by Gasteiger charge is -2.26. The summed E-state index contributed by atoms with van der Waals surface area (Å²) in [6.07, 6.45) is 9.88. The molecule has 0 amide bonds. The van der Waals surface area contributed by atoms with E-state index >= 15 is 0 Å². The fraction of sp³-hybridized carbons (Fsp3) is 0.143. The maximum Gasteiger partial charge on any atom is 0.210 e. The van der Waals surface area contributed by atoms with Gasteiger partial charge in [0.15, 0.2) is 0 Å². The first-order valence-electron chi connectivity index (χ1n) is 8.48. The van der Waals surface area contributed by atoms with Crippen molar-refractivity contribution in [1.29, 1.82) is 0 Å². The van der Waals surface area contributed by atoms with Gasteiger partial charge in [0.05, 0.1) is 22.9 Å². The van der Waals surface area contributed by atoms with Crippen molar-refractivity contribution in [3.8, 4) is 0 Å². The van der Waals surface area contributed by atoms with Crippen molar-refractivity contribution < 1.29 is 0 Å². The summed E-state index contributed by atoms with van der Waals surface area (Å²) in [5.41, 5.74) is 2.34. The van der Waals surface area contributed by atoms with Gasteiger partial charge in [-0.25, -0.2) is 0 Å². The van der Waals surface area contributed by atoms with Crippen LogP contribution in [0.15, 0.2) is 59.5 Å². The number of hydrogen-bond acceptors (Lipinski definition) is 3. The lowest BCUT2D eigenvalue weighted by Crippen LogP contribution is -2.46. The maximum atomic E-state index is 12.8. The Morgan fingerprint density at radius 1 is 1.08 bits per heavy atom. The first kappa shape index (κ1) is 14.2. The number of fused-ring (bicyclic) bond motifs is 2. The van der Waals surface area contributed by atoms with Crippen LogP contribution in [0.2, 0.25) is 0 Å². The minimum Gasteiger partial charge on any atom is -0.365 e. The molecule has 5 rings (SSSR count). The Morgan fingerprint density at radius 2 is 1.96 bits per heavy atom. The van der Waals surface area contributed by atoms with Crippen LogP contribution in [0, 0.1) is 0 Å². The molecule has 4 heterocycles. The molecular weight excluding hydrogens is 310 g/mol. The van der Waals surface area contributed by atoms with Gasteiger partial charge in [-0.1, -0.05) is 42.5 Å². The predicted molar refractivity (Wildman–Crippen MR) is 99.0 cm³/mol. The highest BCUT2D eigenvalue weighted by molar-refractivity contribution is 5.85. The van der Waals surface area contributed by atoms with Gasteiger partial charge >= 0.3 is 0 Å². The Bertz CT molecular complexity index is 1190. The van der Waals surface area contributed by atoms with Gasteiger partial charge in [-0.2, -0.15) is 0 Å². The van der Waals surface area contributed by atoms with Crippen LogP contribution in [-0.4, -0.2) is 14.5 Å². The Hall–Kier alpha value is -3.14. The highest BCUT2D eigenvalue weighted by Gasteiger charge is 2.18. The van der Waals surface area contributed by atoms with Crippen molar-refractivity contribution in [2.24, 2.45) is 0 Å². The van der Waals surface area contributed by atoms with Crippen LogP contribution in [0.3, 0.4) is 0 Å². The minimum absolute atomic E-state index is 0.0941. The largest absolute Gasteiger partial charge is 0.365 e. The molecule has 0 spiro atoms. The zero-order chi connectivity index (χ0) is 16.8. The summed E-state index contributed by atoms with van der Waals surface area (Å²) in [7, 11) is 0. The van der Waals surface area contributed by atoms with E-state index in [-0.39, 0.29) is 5.43 Å². The molecule has 1 aromatic carbocycles. The number of nitrogens with zero attached hydrogens (tertiary/aromatic N) is 3. The van der Waals surface area contributed by atoms with E-state index in [0.29, 0.717) is 0 Å². The van der Waals surface area contributed by atoms with E-state index in [9.17, 15) is 4.79 Å². The maximum absolute atomic E-state index is 12.8. The molecule has 2 aliphatic heterocycles. The molecule has 0 N–H and O–H groups in total. The van der Waals surface area contributed by atoms with Gasteiger partial charge in [0.1, 0.15) is 0 Å². The summed E-state index contributed by atoms with van der Waals surface area (Å²) in [5.74, 6) is 0. The molecule has 25 heavy (non-hydrogen) atoms. The topological polar surface area (TPSA) is 38.1 Å². The van der Waals surface area contributed by atoms with Gasteiger partial charge in [-0.15, -0.1) is 0 Å². The van der Waals surface area contributed by atoms with Crippen molar-refractivity contribution in [2.75, 3.05) is 0 Å². The molecule has 0 fully saturated rings. The van der Waals surface area contributed by atoms with E-state index in [0.717, 1.165) is 46.8 Å². The summed E-state index contributed by atoms with van der Waals surface area (Å²) in [4.78, 5) is 19.7. The SMILES string of the molecule is O=c1c2n(c3c4c(nccc14)CN(Cc1ccccc1)C=3)CC=CC=2. The average molecular weight is 327 g/mol. The highest BCUT2D eigenvalue weighted by atomic mass is 16.1. The number of rotatable bonds is 2. The molecule has 122 valence electrons. The summed E-state index contributed by atoms with van der Waals surface area (Å²) in [6, 6.07) is 12.3. The van der Waals surface area contributed by atoms with Crippen LogP contribution in [0.1, 0.15) is 11.3 Å². The van der Waals surface area contributed by atoms with Crippen molar-refractivity contribution in [3.63, 3.8) is 0 Å². The van der Waals surface area contributed by atoms with Gasteiger partial charge in [0.2, 0.25) is 5.43 Å². The van der Waals surface area contributed by atoms with Gasteiger partial charge in [0.25, 0.3) is 0 Å². The molecular formula is C21H17N3O. The van der Waals surface area contributed by atoms with Crippen molar-refractivity contribution in [2.45, 2.75) is 19.6 Å². The van der Waals surface area contributed by atoms with Gasteiger partial charge < -0.3 is 9.47 Å². The molecule has 0 bridgehead atoms. The molecule has 0 unspecified atom stereocenters. The molecule has 2 aliphatic rings. The Labute approximate surface area is 144 Å². The molecule has 0 atom stereocenters. The monoisotopic (exact) mass is 327 g/mol. The molecule has 0 radical (unpaired) electrons. The molecule has 0 aliphatic carbocycles. The number of pyridine rings is 2. The van der Waals surface area contributed by atoms with Gasteiger partial charge in [0, 0.05) is 36.3 Å². The normalized spacial score (nSPS) is 14.8. The quantitative estimate of drug-likeness (QED) is 0.716. The first-order valence-corrected chi connectivity index (χ1v) is 8.48. The van der Waals surface area contributed by atoms with Crippen LogP contribution in [0.25, 0.3) is 23.0 Å². The van der Waals surface area contributed by atoms with Gasteiger partial charge in [-0.3, -0.25) is 9.78 Å². The Balaban J connectivity index is 1.78. The number of aromatic nitrogens is 2. The molecule has 0 saturated heterocycles. The third-order valence-electron chi connectivity index (χ3n) is 4.91. The first-order chi connectivity index (χ1) is 12.3. The highest BCUT2D eigenvalue weighted by Crippen LogP contribution is 2.18. The number of allylic oxidation sites excluding steroid dienone is 2. The van der Waals surface area contributed by atoms with E-state index in [1.54, 1.807) is 6.20 Å². The van der Waals surface area contributed by atoms with Crippen LogP contribution >= 0.6 is 0 Å². The van der Waals surface area contributed by atoms with E-state index in [4.69, 9.17) is 0 Å². The smallest absolute Gasteiger partial charge is 0.210 e. The second kappa shape index (κ2) is 5.45. The van der Waals surface area contributed by atoms with E-state index in [1.807, 2.05) is 24.3 Å². The molecule has 2 aromatic heterocycles. The van der Waals surface area contributed by atoms with Gasteiger partial charge in [-0.05, 0) is 17.7 Å². The van der Waals surface area contributed by atoms with Crippen LogP contribution in [-0.2, 0) is 19.6 Å². The zero-order valence-electron chi connectivity index (χ0n) is 13.7. The summed E-state index contributed by atoms with van der Waals surface area (Å²) in [5, 5.41) is 3.60. The fourth-order valence-electron chi connectivity index (χ4n) is 3.78. The second-order valence-corrected chi connectivity index (χ2v) is 6.50. The molecule has 3 aromatic rings. The lowest BCUT2D eigenvalue weighted by atomic mass is 10.1. The van der Waals surface area contributed by atoms with Crippen LogP contribution in [0.4, 0.5) is 0 Å². The number of benzene rings is 1. The van der Waals surface area contributed by atoms with E-state index in [2.05, 4.69) is 51.0 Å². The molecule has 4 heteroatoms. The summed E-state index contributed by atoms with van der Waals surface area (Å²) < 4.78 is 2.10. The second-order valence-electron chi connectivity index (χ2n) is 6.50.